The Morgan fingerprint density at radius 2 is 1.73 bits per heavy atom. The highest BCUT2D eigenvalue weighted by atomic mass is 16.4. The van der Waals surface area contributed by atoms with Gasteiger partial charge in [-0.25, -0.2) is 0 Å². The maximum Gasteiger partial charge on any atom is 0.199 e. The van der Waals surface area contributed by atoms with E-state index in [0.29, 0.717) is 0 Å². The summed E-state index contributed by atoms with van der Waals surface area (Å²) in [6, 6.07) is 2.27. The van der Waals surface area contributed by atoms with Crippen molar-refractivity contribution in [3.05, 3.63) is 46.6 Å². The molecule has 0 heterocycles. The molecule has 2 rings (SSSR count). The minimum atomic E-state index is -0.669. The molecule has 0 atom stereocenters. The zero-order valence-electron chi connectivity index (χ0n) is 12.1. The molecule has 1 aliphatic rings. The number of nitrogens with zero attached hydrogens (tertiary/aromatic N) is 1. The molecule has 6 nitrogen and oxygen atoms in total. The van der Waals surface area contributed by atoms with Crippen LogP contribution in [-0.4, -0.2) is 32.7 Å². The third-order valence-electron chi connectivity index (χ3n) is 3.29. The molecule has 114 valence electrons. The van der Waals surface area contributed by atoms with Crippen LogP contribution in [0.5, 0.6) is 11.5 Å². The molecule has 0 saturated carbocycles. The lowest BCUT2D eigenvalue weighted by molar-refractivity contribution is 0.0983. The minimum Gasteiger partial charge on any atom is -0.507 e. The molecule has 0 radical (unpaired) electrons. The lowest BCUT2D eigenvalue weighted by Gasteiger charge is -2.17. The van der Waals surface area contributed by atoms with Crippen LogP contribution in [0.1, 0.15) is 41.0 Å². The SMILES string of the molecule is CC(C)=CC/C(=N\O)C1=CC(=O)c2c(O)ccc(O)c2C1=O. The Balaban J connectivity index is 2.54. The van der Waals surface area contributed by atoms with E-state index in [1.165, 1.54) is 0 Å². The van der Waals surface area contributed by atoms with Crippen LogP contribution in [0.4, 0.5) is 0 Å². The van der Waals surface area contributed by atoms with Gasteiger partial charge in [-0.05, 0) is 32.1 Å². The van der Waals surface area contributed by atoms with Gasteiger partial charge in [0, 0.05) is 6.42 Å². The summed E-state index contributed by atoms with van der Waals surface area (Å²) in [4.78, 5) is 24.6. The Bertz CT molecular complexity index is 752. The molecular weight excluding hydrogens is 286 g/mol. The fraction of sp³-hybridized carbons (Fsp3) is 0.188. The summed E-state index contributed by atoms with van der Waals surface area (Å²) in [5.74, 6) is -2.08. The van der Waals surface area contributed by atoms with E-state index in [0.717, 1.165) is 23.8 Å². The number of hydrogen-bond acceptors (Lipinski definition) is 6. The smallest absolute Gasteiger partial charge is 0.199 e. The van der Waals surface area contributed by atoms with Crippen molar-refractivity contribution < 1.29 is 25.0 Å². The number of phenolic OH excluding ortho intramolecular Hbond substituents is 2. The Morgan fingerprint density at radius 3 is 2.27 bits per heavy atom. The van der Waals surface area contributed by atoms with E-state index < -0.39 is 17.3 Å². The van der Waals surface area contributed by atoms with Crippen LogP contribution < -0.4 is 0 Å². The molecule has 0 aliphatic heterocycles. The number of fused-ring (bicyclic) bond motifs is 1. The first-order chi connectivity index (χ1) is 10.4. The monoisotopic (exact) mass is 301 g/mol. The molecule has 0 unspecified atom stereocenters. The largest absolute Gasteiger partial charge is 0.507 e. The van der Waals surface area contributed by atoms with Crippen LogP contribution in [0.2, 0.25) is 0 Å². The van der Waals surface area contributed by atoms with Crippen molar-refractivity contribution in [2.24, 2.45) is 5.16 Å². The fourth-order valence-corrected chi connectivity index (χ4v) is 2.18. The van der Waals surface area contributed by atoms with E-state index in [1.54, 1.807) is 6.08 Å². The Labute approximate surface area is 126 Å². The van der Waals surface area contributed by atoms with E-state index in [-0.39, 0.29) is 34.6 Å². The summed E-state index contributed by atoms with van der Waals surface area (Å²) < 4.78 is 0. The van der Waals surface area contributed by atoms with E-state index in [1.807, 2.05) is 13.8 Å². The first-order valence-electron chi connectivity index (χ1n) is 6.57. The molecule has 6 heteroatoms. The molecule has 1 aliphatic carbocycles. The van der Waals surface area contributed by atoms with Crippen LogP contribution >= 0.6 is 0 Å². The van der Waals surface area contributed by atoms with E-state index in [4.69, 9.17) is 5.21 Å². The van der Waals surface area contributed by atoms with Crippen molar-refractivity contribution in [1.82, 2.24) is 0 Å². The van der Waals surface area contributed by atoms with Crippen LogP contribution in [0.15, 0.2) is 40.6 Å². The van der Waals surface area contributed by atoms with Crippen molar-refractivity contribution in [1.29, 1.82) is 0 Å². The number of aromatic hydroxyl groups is 2. The number of hydrogen-bond donors (Lipinski definition) is 3. The highest BCUT2D eigenvalue weighted by Gasteiger charge is 2.33. The van der Waals surface area contributed by atoms with Gasteiger partial charge in [-0.3, -0.25) is 9.59 Å². The summed E-state index contributed by atoms with van der Waals surface area (Å²) in [6.45, 7) is 3.69. The zero-order valence-corrected chi connectivity index (χ0v) is 12.1. The van der Waals surface area contributed by atoms with Gasteiger partial charge in [0.25, 0.3) is 0 Å². The lowest BCUT2D eigenvalue weighted by atomic mass is 9.85. The Hall–Kier alpha value is -2.89. The first kappa shape index (κ1) is 15.5. The van der Waals surface area contributed by atoms with E-state index in [9.17, 15) is 19.8 Å². The van der Waals surface area contributed by atoms with Crippen molar-refractivity contribution in [3.63, 3.8) is 0 Å². The Kier molecular flexibility index (Phi) is 4.12. The molecule has 0 aromatic heterocycles. The molecule has 0 saturated heterocycles. The normalized spacial score (nSPS) is 14.5. The molecule has 3 N–H and O–H groups in total. The molecule has 22 heavy (non-hydrogen) atoms. The second-order valence-corrected chi connectivity index (χ2v) is 5.14. The molecule has 0 bridgehead atoms. The van der Waals surface area contributed by atoms with Gasteiger partial charge in [0.1, 0.15) is 11.5 Å². The molecule has 0 fully saturated rings. The molecule has 0 spiro atoms. The molecular formula is C16H15NO5. The van der Waals surface area contributed by atoms with Crippen molar-refractivity contribution >= 4 is 17.3 Å². The van der Waals surface area contributed by atoms with Gasteiger partial charge in [0.15, 0.2) is 11.6 Å². The summed E-state index contributed by atoms with van der Waals surface area (Å²) in [5, 5.41) is 31.7. The lowest BCUT2D eigenvalue weighted by Crippen LogP contribution is -2.22. The molecule has 0 amide bonds. The van der Waals surface area contributed by atoms with Gasteiger partial charge < -0.3 is 15.4 Å². The highest BCUT2D eigenvalue weighted by molar-refractivity contribution is 6.37. The maximum absolute atomic E-state index is 12.5. The number of benzene rings is 1. The number of oxime groups is 1. The van der Waals surface area contributed by atoms with E-state index >= 15 is 0 Å². The van der Waals surface area contributed by atoms with Gasteiger partial charge >= 0.3 is 0 Å². The molecule has 1 aromatic rings. The topological polar surface area (TPSA) is 107 Å². The van der Waals surface area contributed by atoms with Gasteiger partial charge in [0.05, 0.1) is 22.4 Å². The number of carbonyl (C=O) groups excluding carboxylic acids is 2. The fourth-order valence-electron chi connectivity index (χ4n) is 2.18. The van der Waals surface area contributed by atoms with Gasteiger partial charge in [-0.15, -0.1) is 0 Å². The van der Waals surface area contributed by atoms with Crippen LogP contribution in [-0.2, 0) is 0 Å². The second-order valence-electron chi connectivity index (χ2n) is 5.14. The Morgan fingerprint density at radius 1 is 1.14 bits per heavy atom. The van der Waals surface area contributed by atoms with Crippen LogP contribution in [0.25, 0.3) is 0 Å². The average molecular weight is 301 g/mol. The summed E-state index contributed by atoms with van der Waals surface area (Å²) in [6.07, 6.45) is 2.92. The minimum absolute atomic E-state index is 0.0212. The average Bonchev–Trinajstić information content (AvgIpc) is 2.46. The van der Waals surface area contributed by atoms with Gasteiger partial charge in [0.2, 0.25) is 0 Å². The van der Waals surface area contributed by atoms with Crippen LogP contribution in [0.3, 0.4) is 0 Å². The van der Waals surface area contributed by atoms with E-state index in [2.05, 4.69) is 5.16 Å². The molecule has 1 aromatic carbocycles. The number of Topliss-reactive ketones (excluding diaryl/α,β-unsaturated/α-hetero) is 1. The quantitative estimate of drug-likeness (QED) is 0.261. The number of ketones is 2. The zero-order chi connectivity index (χ0) is 16.4. The summed E-state index contributed by atoms with van der Waals surface area (Å²) in [7, 11) is 0. The van der Waals surface area contributed by atoms with Crippen molar-refractivity contribution in [2.45, 2.75) is 20.3 Å². The highest BCUT2D eigenvalue weighted by Crippen LogP contribution is 2.35. The summed E-state index contributed by atoms with van der Waals surface area (Å²) in [5.41, 5.74) is 0.359. The first-order valence-corrected chi connectivity index (χ1v) is 6.57. The van der Waals surface area contributed by atoms with Crippen LogP contribution in [0, 0.1) is 0 Å². The van der Waals surface area contributed by atoms with Crippen molar-refractivity contribution in [3.8, 4) is 11.5 Å². The summed E-state index contributed by atoms with van der Waals surface area (Å²) >= 11 is 0. The predicted molar refractivity (Wildman–Crippen MR) is 79.8 cm³/mol. The maximum atomic E-state index is 12.5. The van der Waals surface area contributed by atoms with Gasteiger partial charge in [-0.1, -0.05) is 16.8 Å². The third kappa shape index (κ3) is 2.63. The predicted octanol–water partition coefficient (Wildman–Crippen LogP) is 2.59. The standard InChI is InChI=1S/C16H15NO5/c1-8(2)3-4-10(17-22)9-7-13(20)14-11(18)5-6-12(19)15(14)16(9)21/h3,5-7,18-19,22H,4H2,1-2H3/b17-10+. The second kappa shape index (κ2) is 5.85. The number of rotatable bonds is 3. The van der Waals surface area contributed by atoms with Crippen molar-refractivity contribution in [2.75, 3.05) is 0 Å². The third-order valence-corrected chi connectivity index (χ3v) is 3.29. The number of allylic oxidation sites excluding steroid dienone is 4. The van der Waals surface area contributed by atoms with Gasteiger partial charge in [-0.2, -0.15) is 0 Å². The number of carbonyl (C=O) groups is 2. The number of phenols is 2.